The Balaban J connectivity index is 1.20. The summed E-state index contributed by atoms with van der Waals surface area (Å²) >= 11 is 0. The van der Waals surface area contributed by atoms with Gasteiger partial charge in [-0.25, -0.2) is 9.97 Å². The van der Waals surface area contributed by atoms with Crippen LogP contribution in [0.4, 0.5) is 0 Å². The number of nitrogens with one attached hydrogen (secondary N) is 1. The summed E-state index contributed by atoms with van der Waals surface area (Å²) in [5, 5.41) is 3.12. The number of aromatic nitrogens is 4. The normalized spacial score (nSPS) is 20.9. The number of imidazole rings is 1. The van der Waals surface area contributed by atoms with Crippen molar-refractivity contribution in [3.05, 3.63) is 24.3 Å². The molecule has 0 radical (unpaired) electrons. The van der Waals surface area contributed by atoms with Crippen molar-refractivity contribution in [1.82, 2.24) is 29.7 Å². The Morgan fingerprint density at radius 3 is 2.44 bits per heavy atom. The van der Waals surface area contributed by atoms with Crippen molar-refractivity contribution in [1.29, 1.82) is 0 Å². The van der Waals surface area contributed by atoms with Gasteiger partial charge in [0, 0.05) is 52.1 Å². The van der Waals surface area contributed by atoms with Crippen molar-refractivity contribution in [2.45, 2.75) is 44.6 Å². The Bertz CT molecular complexity index is 994. The number of aryl methyl sites for hydroxylation is 1. The molecule has 2 aromatic rings. The van der Waals surface area contributed by atoms with Crippen LogP contribution in [-0.2, 0) is 16.5 Å². The number of nitrogens with zero attached hydrogens (tertiary/aromatic N) is 5. The molecule has 196 valence electrons. The van der Waals surface area contributed by atoms with Crippen LogP contribution in [0.25, 0.3) is 11.5 Å². The quantitative estimate of drug-likeness (QED) is 0.591. The third kappa shape index (κ3) is 6.41. The van der Waals surface area contributed by atoms with E-state index in [0.29, 0.717) is 48.4 Å². The molecule has 0 aromatic carbocycles. The van der Waals surface area contributed by atoms with Gasteiger partial charge < -0.3 is 29.0 Å². The van der Waals surface area contributed by atoms with Crippen LogP contribution in [0, 0.1) is 11.8 Å². The minimum atomic E-state index is -0.191. The third-order valence-electron chi connectivity index (χ3n) is 7.70. The predicted octanol–water partition coefficient (Wildman–Crippen LogP) is 2.30. The zero-order valence-corrected chi connectivity index (χ0v) is 21.2. The zero-order valence-electron chi connectivity index (χ0n) is 21.2. The number of hydrogen-bond donors (Lipinski definition) is 1. The molecule has 10 nitrogen and oxygen atoms in total. The Hall–Kier alpha value is -2.56. The summed E-state index contributed by atoms with van der Waals surface area (Å²) in [4.78, 5) is 29.1. The average Bonchev–Trinajstić information content (AvgIpc) is 3.37. The van der Waals surface area contributed by atoms with Crippen molar-refractivity contribution in [3.8, 4) is 17.4 Å². The molecule has 5 heterocycles. The van der Waals surface area contributed by atoms with Crippen LogP contribution in [0.1, 0.15) is 49.0 Å². The SMILES string of the molecule is Cn1cncc1-c1nc(OCC2CCOCC2)cc(C(=O)NCC2CCN(C3CCOCC3)CC2)n1. The molecular weight excluding hydrogens is 460 g/mol. The number of ether oxygens (including phenoxy) is 3. The summed E-state index contributed by atoms with van der Waals surface area (Å²) in [6.45, 7) is 6.67. The van der Waals surface area contributed by atoms with E-state index in [2.05, 4.69) is 25.2 Å². The number of likely N-dealkylation sites (tertiary alicyclic amines) is 1. The molecule has 5 rings (SSSR count). The highest BCUT2D eigenvalue weighted by atomic mass is 16.5. The topological polar surface area (TPSA) is 104 Å². The Kier molecular flexibility index (Phi) is 8.45. The van der Waals surface area contributed by atoms with Crippen molar-refractivity contribution < 1.29 is 19.0 Å². The van der Waals surface area contributed by atoms with E-state index in [0.717, 1.165) is 83.7 Å². The lowest BCUT2D eigenvalue weighted by Crippen LogP contribution is -2.45. The van der Waals surface area contributed by atoms with E-state index in [9.17, 15) is 4.79 Å². The van der Waals surface area contributed by atoms with Crippen LogP contribution in [0.2, 0.25) is 0 Å². The van der Waals surface area contributed by atoms with Gasteiger partial charge in [-0.3, -0.25) is 4.79 Å². The van der Waals surface area contributed by atoms with Crippen LogP contribution >= 0.6 is 0 Å². The van der Waals surface area contributed by atoms with Crippen molar-refractivity contribution >= 4 is 5.91 Å². The first-order valence-electron chi connectivity index (χ1n) is 13.3. The second-order valence-electron chi connectivity index (χ2n) is 10.2. The van der Waals surface area contributed by atoms with Crippen LogP contribution in [0.15, 0.2) is 18.6 Å². The lowest BCUT2D eigenvalue weighted by atomic mass is 9.94. The average molecular weight is 499 g/mol. The molecule has 0 atom stereocenters. The minimum Gasteiger partial charge on any atom is -0.477 e. The van der Waals surface area contributed by atoms with E-state index >= 15 is 0 Å². The van der Waals surface area contributed by atoms with Crippen LogP contribution in [-0.4, -0.2) is 89.0 Å². The summed E-state index contributed by atoms with van der Waals surface area (Å²) < 4.78 is 18.8. The second kappa shape index (κ2) is 12.1. The molecule has 0 unspecified atom stereocenters. The fourth-order valence-corrected chi connectivity index (χ4v) is 5.32. The smallest absolute Gasteiger partial charge is 0.270 e. The molecule has 0 bridgehead atoms. The molecule has 2 aromatic heterocycles. The van der Waals surface area contributed by atoms with Crippen LogP contribution < -0.4 is 10.1 Å². The molecule has 3 saturated heterocycles. The summed E-state index contributed by atoms with van der Waals surface area (Å²) in [6, 6.07) is 2.31. The maximum absolute atomic E-state index is 13.1. The maximum Gasteiger partial charge on any atom is 0.270 e. The fraction of sp³-hybridized carbons (Fsp3) is 0.692. The molecule has 0 spiro atoms. The van der Waals surface area contributed by atoms with Gasteiger partial charge >= 0.3 is 0 Å². The standard InChI is InChI=1S/C26H38N6O4/c1-31-18-27-16-23(31)25-29-22(14-24(30-25)36-17-20-4-10-34-11-5-20)26(33)28-15-19-2-8-32(9-3-19)21-6-12-35-13-7-21/h14,16,18-21H,2-13,15,17H2,1H3,(H,28,33). The summed E-state index contributed by atoms with van der Waals surface area (Å²) in [7, 11) is 1.88. The highest BCUT2D eigenvalue weighted by Crippen LogP contribution is 2.24. The molecule has 0 aliphatic carbocycles. The molecule has 3 fully saturated rings. The van der Waals surface area contributed by atoms with E-state index in [1.807, 2.05) is 11.6 Å². The Morgan fingerprint density at radius 1 is 1.03 bits per heavy atom. The molecule has 3 aliphatic heterocycles. The summed E-state index contributed by atoms with van der Waals surface area (Å²) in [5.41, 5.74) is 1.06. The van der Waals surface area contributed by atoms with Gasteiger partial charge in [0.2, 0.25) is 5.88 Å². The number of amides is 1. The van der Waals surface area contributed by atoms with E-state index in [1.165, 1.54) is 0 Å². The Morgan fingerprint density at radius 2 is 1.75 bits per heavy atom. The van der Waals surface area contributed by atoms with E-state index in [-0.39, 0.29) is 5.91 Å². The van der Waals surface area contributed by atoms with Crippen molar-refractivity contribution in [2.75, 3.05) is 52.7 Å². The number of piperidine rings is 1. The third-order valence-corrected chi connectivity index (χ3v) is 7.70. The molecule has 1 N–H and O–H groups in total. The molecule has 3 aliphatic rings. The molecule has 0 saturated carbocycles. The van der Waals surface area contributed by atoms with Gasteiger partial charge in [-0.05, 0) is 63.5 Å². The summed E-state index contributed by atoms with van der Waals surface area (Å²) in [5.74, 6) is 1.58. The number of carbonyl (C=O) groups is 1. The number of hydrogen-bond acceptors (Lipinski definition) is 8. The first-order valence-corrected chi connectivity index (χ1v) is 13.3. The highest BCUT2D eigenvalue weighted by Gasteiger charge is 2.27. The monoisotopic (exact) mass is 498 g/mol. The predicted molar refractivity (Wildman–Crippen MR) is 134 cm³/mol. The van der Waals surface area contributed by atoms with E-state index in [1.54, 1.807) is 18.6 Å². The minimum absolute atomic E-state index is 0.191. The van der Waals surface area contributed by atoms with Crippen LogP contribution in [0.3, 0.4) is 0 Å². The van der Waals surface area contributed by atoms with Gasteiger partial charge in [-0.15, -0.1) is 0 Å². The van der Waals surface area contributed by atoms with Crippen LogP contribution in [0.5, 0.6) is 5.88 Å². The molecule has 10 heteroatoms. The first-order chi connectivity index (χ1) is 17.7. The van der Waals surface area contributed by atoms with Gasteiger partial charge in [0.15, 0.2) is 5.82 Å². The maximum atomic E-state index is 13.1. The lowest BCUT2D eigenvalue weighted by Gasteiger charge is -2.39. The van der Waals surface area contributed by atoms with Gasteiger partial charge in [-0.1, -0.05) is 0 Å². The highest BCUT2D eigenvalue weighted by molar-refractivity contribution is 5.92. The van der Waals surface area contributed by atoms with Crippen molar-refractivity contribution in [2.24, 2.45) is 18.9 Å². The molecule has 1 amide bonds. The fourth-order valence-electron chi connectivity index (χ4n) is 5.32. The lowest BCUT2D eigenvalue weighted by molar-refractivity contribution is 0.0211. The van der Waals surface area contributed by atoms with E-state index < -0.39 is 0 Å². The second-order valence-corrected chi connectivity index (χ2v) is 10.2. The largest absolute Gasteiger partial charge is 0.477 e. The van der Waals surface area contributed by atoms with Gasteiger partial charge in [0.25, 0.3) is 5.91 Å². The van der Waals surface area contributed by atoms with Gasteiger partial charge in [0.1, 0.15) is 11.4 Å². The molecule has 36 heavy (non-hydrogen) atoms. The Labute approximate surface area is 212 Å². The van der Waals surface area contributed by atoms with Crippen molar-refractivity contribution in [3.63, 3.8) is 0 Å². The number of rotatable bonds is 8. The van der Waals surface area contributed by atoms with Gasteiger partial charge in [-0.2, -0.15) is 4.98 Å². The zero-order chi connectivity index (χ0) is 24.7. The van der Waals surface area contributed by atoms with E-state index in [4.69, 9.17) is 14.2 Å². The summed E-state index contributed by atoms with van der Waals surface area (Å²) in [6.07, 6.45) is 9.80. The molecular formula is C26H38N6O4. The first kappa shape index (κ1) is 25.1. The number of carbonyl (C=O) groups excluding carboxylic acids is 1. The van der Waals surface area contributed by atoms with Gasteiger partial charge in [0.05, 0.1) is 19.1 Å².